The Balaban J connectivity index is 1.53. The van der Waals surface area contributed by atoms with Crippen LogP contribution < -0.4 is 14.5 Å². The van der Waals surface area contributed by atoms with Gasteiger partial charge >= 0.3 is 0 Å². The highest BCUT2D eigenvalue weighted by Crippen LogP contribution is 2.33. The molecule has 2 amide bonds. The fourth-order valence-corrected chi connectivity index (χ4v) is 4.42. The molecule has 2 aromatic rings. The number of hydrogen-bond donors (Lipinski definition) is 0. The average molecular weight is 438 g/mol. The number of carbonyl (C=O) groups is 2. The number of fused-ring (bicyclic) bond motifs is 1. The Hall–Kier alpha value is -3.16. The van der Waals surface area contributed by atoms with Gasteiger partial charge in [-0.05, 0) is 44.7 Å². The smallest absolute Gasteiger partial charge is 0.261 e. The monoisotopic (exact) mass is 437 g/mol. The molecule has 1 atom stereocenters. The predicted molar refractivity (Wildman–Crippen MR) is 123 cm³/mol. The first-order valence-corrected chi connectivity index (χ1v) is 11.2. The third kappa shape index (κ3) is 4.40. The molecule has 0 unspecified atom stereocenters. The minimum absolute atomic E-state index is 0.0321. The summed E-state index contributed by atoms with van der Waals surface area (Å²) < 4.78 is 5.83. The predicted octanol–water partition coefficient (Wildman–Crippen LogP) is 2.89. The van der Waals surface area contributed by atoms with Crippen LogP contribution in [0.2, 0.25) is 0 Å². The number of amides is 2. The Kier molecular flexibility index (Phi) is 6.30. The number of benzene rings is 1. The zero-order valence-corrected chi connectivity index (χ0v) is 19.3. The summed E-state index contributed by atoms with van der Waals surface area (Å²) in [6.07, 6.45) is 3.90. The van der Waals surface area contributed by atoms with Crippen molar-refractivity contribution in [2.45, 2.75) is 45.1 Å². The first-order valence-electron chi connectivity index (χ1n) is 11.2. The Morgan fingerprint density at radius 1 is 1.22 bits per heavy atom. The number of aryl methyl sites for hydroxylation is 1. The highest BCUT2D eigenvalue weighted by atomic mass is 16.5. The van der Waals surface area contributed by atoms with Crippen molar-refractivity contribution in [2.75, 3.05) is 44.1 Å². The van der Waals surface area contributed by atoms with E-state index in [0.717, 1.165) is 36.2 Å². The van der Waals surface area contributed by atoms with Crippen LogP contribution >= 0.6 is 0 Å². The van der Waals surface area contributed by atoms with Crippen LogP contribution in [-0.4, -0.2) is 61.0 Å². The Morgan fingerprint density at radius 2 is 2.03 bits per heavy atom. The van der Waals surface area contributed by atoms with Crippen LogP contribution in [0.4, 0.5) is 11.5 Å². The molecule has 0 aliphatic carbocycles. The summed E-state index contributed by atoms with van der Waals surface area (Å²) in [5.41, 5.74) is 2.93. The lowest BCUT2D eigenvalue weighted by Gasteiger charge is -2.36. The van der Waals surface area contributed by atoms with Crippen molar-refractivity contribution in [3.8, 4) is 5.75 Å². The molecule has 1 saturated heterocycles. The maximum absolute atomic E-state index is 13.1. The van der Waals surface area contributed by atoms with Gasteiger partial charge in [0.1, 0.15) is 11.6 Å². The number of carbonyl (C=O) groups excluding carboxylic acids is 2. The number of aromatic nitrogens is 2. The van der Waals surface area contributed by atoms with Crippen LogP contribution in [0.1, 0.15) is 48.8 Å². The molecule has 0 bridgehead atoms. The van der Waals surface area contributed by atoms with Gasteiger partial charge in [-0.25, -0.2) is 9.97 Å². The number of anilines is 2. The van der Waals surface area contributed by atoms with Crippen molar-refractivity contribution in [2.24, 2.45) is 0 Å². The second kappa shape index (κ2) is 9.14. The molecule has 0 saturated carbocycles. The standard InChI is InChI=1S/C24H31N5O3/c1-16-19-11-12-21(30)28(4)24(19)26-23(25-16)20-10-5-6-13-29(20)22(31)15-32-18-9-7-8-17(14-18)27(2)3/h7-9,14,20H,5-6,10-13,15H2,1-4H3/t20-/m1/s1. The zero-order valence-electron chi connectivity index (χ0n) is 19.3. The van der Waals surface area contributed by atoms with E-state index < -0.39 is 0 Å². The molecule has 170 valence electrons. The van der Waals surface area contributed by atoms with Gasteiger partial charge in [0.15, 0.2) is 12.4 Å². The molecular formula is C24H31N5O3. The topological polar surface area (TPSA) is 78.9 Å². The zero-order chi connectivity index (χ0) is 22.8. The molecule has 0 radical (unpaired) electrons. The number of rotatable bonds is 5. The molecule has 0 N–H and O–H groups in total. The molecule has 1 aromatic heterocycles. The molecule has 32 heavy (non-hydrogen) atoms. The third-order valence-electron chi connectivity index (χ3n) is 6.31. The Bertz CT molecular complexity index is 1020. The maximum atomic E-state index is 13.1. The van der Waals surface area contributed by atoms with Crippen molar-refractivity contribution in [1.82, 2.24) is 14.9 Å². The second-order valence-corrected chi connectivity index (χ2v) is 8.70. The largest absolute Gasteiger partial charge is 0.484 e. The van der Waals surface area contributed by atoms with Gasteiger partial charge in [-0.15, -0.1) is 0 Å². The Labute approximate surface area is 189 Å². The summed E-state index contributed by atoms with van der Waals surface area (Å²) in [7, 11) is 5.69. The molecule has 8 nitrogen and oxygen atoms in total. The highest BCUT2D eigenvalue weighted by Gasteiger charge is 2.33. The summed E-state index contributed by atoms with van der Waals surface area (Å²) in [6, 6.07) is 7.48. The van der Waals surface area contributed by atoms with Crippen molar-refractivity contribution in [3.05, 3.63) is 41.3 Å². The van der Waals surface area contributed by atoms with Crippen molar-refractivity contribution in [3.63, 3.8) is 0 Å². The van der Waals surface area contributed by atoms with Gasteiger partial charge < -0.3 is 14.5 Å². The van der Waals surface area contributed by atoms with Crippen LogP contribution in [-0.2, 0) is 16.0 Å². The molecular weight excluding hydrogens is 406 g/mol. The number of likely N-dealkylation sites (tertiary alicyclic amines) is 1. The molecule has 1 fully saturated rings. The van der Waals surface area contributed by atoms with E-state index in [2.05, 4.69) is 0 Å². The van der Waals surface area contributed by atoms with E-state index in [1.165, 1.54) is 0 Å². The first kappa shape index (κ1) is 22.0. The minimum atomic E-state index is -0.206. The first-order chi connectivity index (χ1) is 15.3. The molecule has 3 heterocycles. The molecule has 4 rings (SSSR count). The molecule has 2 aliphatic rings. The van der Waals surface area contributed by atoms with E-state index in [1.54, 1.807) is 11.9 Å². The van der Waals surface area contributed by atoms with Gasteiger partial charge in [0.2, 0.25) is 5.91 Å². The van der Waals surface area contributed by atoms with Crippen LogP contribution in [0, 0.1) is 6.92 Å². The Morgan fingerprint density at radius 3 is 2.81 bits per heavy atom. The van der Waals surface area contributed by atoms with Crippen LogP contribution in [0.3, 0.4) is 0 Å². The van der Waals surface area contributed by atoms with Crippen LogP contribution in [0.15, 0.2) is 24.3 Å². The fourth-order valence-electron chi connectivity index (χ4n) is 4.42. The molecule has 8 heteroatoms. The summed E-state index contributed by atoms with van der Waals surface area (Å²) in [5, 5.41) is 0. The number of hydrogen-bond acceptors (Lipinski definition) is 6. The van der Waals surface area contributed by atoms with Gasteiger partial charge in [0.05, 0.1) is 6.04 Å². The second-order valence-electron chi connectivity index (χ2n) is 8.70. The highest BCUT2D eigenvalue weighted by molar-refractivity contribution is 5.94. The van der Waals surface area contributed by atoms with Gasteiger partial charge in [0, 0.05) is 57.1 Å². The third-order valence-corrected chi connectivity index (χ3v) is 6.31. The van der Waals surface area contributed by atoms with Crippen molar-refractivity contribution < 1.29 is 14.3 Å². The van der Waals surface area contributed by atoms with E-state index in [4.69, 9.17) is 14.7 Å². The van der Waals surface area contributed by atoms with Gasteiger partial charge in [-0.1, -0.05) is 6.07 Å². The molecule has 0 spiro atoms. The van der Waals surface area contributed by atoms with E-state index in [-0.39, 0.29) is 24.5 Å². The van der Waals surface area contributed by atoms with E-state index in [0.29, 0.717) is 36.8 Å². The van der Waals surface area contributed by atoms with Crippen LogP contribution in [0.5, 0.6) is 5.75 Å². The summed E-state index contributed by atoms with van der Waals surface area (Å²) in [4.78, 5) is 40.3. The maximum Gasteiger partial charge on any atom is 0.261 e. The lowest BCUT2D eigenvalue weighted by Crippen LogP contribution is -2.42. The van der Waals surface area contributed by atoms with E-state index >= 15 is 0 Å². The molecule has 1 aromatic carbocycles. The lowest BCUT2D eigenvalue weighted by atomic mass is 9.99. The van der Waals surface area contributed by atoms with Crippen molar-refractivity contribution in [1.29, 1.82) is 0 Å². The molecule has 2 aliphatic heterocycles. The summed E-state index contributed by atoms with van der Waals surface area (Å²) in [6.45, 7) is 2.58. The normalized spacial score (nSPS) is 18.4. The summed E-state index contributed by atoms with van der Waals surface area (Å²) >= 11 is 0. The number of ether oxygens (including phenoxy) is 1. The quantitative estimate of drug-likeness (QED) is 0.716. The fraction of sp³-hybridized carbons (Fsp3) is 0.500. The van der Waals surface area contributed by atoms with E-state index in [1.807, 2.05) is 55.1 Å². The number of piperidine rings is 1. The average Bonchev–Trinajstić information content (AvgIpc) is 2.80. The SMILES string of the molecule is Cc1nc([C@H]2CCCCN2C(=O)COc2cccc(N(C)C)c2)nc2c1CCC(=O)N2C. The minimum Gasteiger partial charge on any atom is -0.484 e. The van der Waals surface area contributed by atoms with Gasteiger partial charge in [-0.2, -0.15) is 0 Å². The van der Waals surface area contributed by atoms with Crippen LogP contribution in [0.25, 0.3) is 0 Å². The van der Waals surface area contributed by atoms with Gasteiger partial charge in [0.25, 0.3) is 5.91 Å². The number of nitrogens with zero attached hydrogens (tertiary/aromatic N) is 5. The van der Waals surface area contributed by atoms with Crippen molar-refractivity contribution >= 4 is 23.3 Å². The van der Waals surface area contributed by atoms with E-state index in [9.17, 15) is 9.59 Å². The lowest BCUT2D eigenvalue weighted by molar-refractivity contribution is -0.137. The van der Waals surface area contributed by atoms with Gasteiger partial charge in [-0.3, -0.25) is 14.5 Å². The summed E-state index contributed by atoms with van der Waals surface area (Å²) in [5.74, 6) is 1.95.